The second-order valence-electron chi connectivity index (χ2n) is 6.45. The van der Waals surface area contributed by atoms with E-state index in [4.69, 9.17) is 25.8 Å². The highest BCUT2D eigenvalue weighted by atomic mass is 35.5. The van der Waals surface area contributed by atoms with Crippen molar-refractivity contribution in [3.05, 3.63) is 67.9 Å². The van der Waals surface area contributed by atoms with Crippen LogP contribution in [0, 0.1) is 17.0 Å². The van der Waals surface area contributed by atoms with Gasteiger partial charge in [0, 0.05) is 24.1 Å². The van der Waals surface area contributed by atoms with Crippen LogP contribution in [0.2, 0.25) is 5.02 Å². The first kappa shape index (κ1) is 22.0. The highest BCUT2D eigenvalue weighted by molar-refractivity contribution is 6.32. The van der Waals surface area contributed by atoms with Crippen LogP contribution in [-0.4, -0.2) is 29.4 Å². The maximum atomic E-state index is 12.3. The van der Waals surface area contributed by atoms with Crippen LogP contribution in [0.25, 0.3) is 6.08 Å². The molecule has 0 saturated carbocycles. The fourth-order valence-corrected chi connectivity index (χ4v) is 3.06. The summed E-state index contributed by atoms with van der Waals surface area (Å²) >= 11 is 6.22. The Morgan fingerprint density at radius 1 is 1.32 bits per heavy atom. The number of aryl methyl sites for hydroxylation is 1. The number of nitro groups is 1. The average molecular weight is 445 g/mol. The van der Waals surface area contributed by atoms with E-state index in [9.17, 15) is 19.7 Å². The Hall–Kier alpha value is -3.72. The monoisotopic (exact) mass is 444 g/mol. The molecule has 1 heterocycles. The molecule has 0 fully saturated rings. The first-order valence-corrected chi connectivity index (χ1v) is 9.50. The number of rotatable bonds is 6. The van der Waals surface area contributed by atoms with E-state index in [-0.39, 0.29) is 33.8 Å². The summed E-state index contributed by atoms with van der Waals surface area (Å²) < 4.78 is 15.8. The van der Waals surface area contributed by atoms with Crippen LogP contribution in [-0.2, 0) is 14.3 Å². The highest BCUT2D eigenvalue weighted by Crippen LogP contribution is 2.37. The molecule has 9 nitrogen and oxygen atoms in total. The maximum Gasteiger partial charge on any atom is 0.363 e. The number of esters is 2. The number of aliphatic imine (C=N–C) groups is 1. The summed E-state index contributed by atoms with van der Waals surface area (Å²) in [6.45, 7) is 4.89. The van der Waals surface area contributed by atoms with Gasteiger partial charge in [0.25, 0.3) is 5.69 Å². The molecule has 2 aromatic rings. The summed E-state index contributed by atoms with van der Waals surface area (Å²) in [7, 11) is 0. The van der Waals surface area contributed by atoms with Gasteiger partial charge >= 0.3 is 11.9 Å². The molecule has 0 N–H and O–H groups in total. The Bertz CT molecular complexity index is 1150. The van der Waals surface area contributed by atoms with Crippen molar-refractivity contribution in [3.63, 3.8) is 0 Å². The number of carbonyl (C=O) groups is 2. The van der Waals surface area contributed by atoms with Gasteiger partial charge in [-0.2, -0.15) is 0 Å². The lowest BCUT2D eigenvalue weighted by Crippen LogP contribution is -2.06. The zero-order chi connectivity index (χ0) is 22.7. The lowest BCUT2D eigenvalue weighted by atomic mass is 10.1. The number of nitro benzene ring substituents is 1. The summed E-state index contributed by atoms with van der Waals surface area (Å²) in [5.74, 6) is -1.04. The molecule has 160 valence electrons. The van der Waals surface area contributed by atoms with Crippen molar-refractivity contribution < 1.29 is 28.7 Å². The molecule has 10 heteroatoms. The van der Waals surface area contributed by atoms with Crippen LogP contribution in [0.4, 0.5) is 5.69 Å². The second-order valence-corrected chi connectivity index (χ2v) is 6.86. The van der Waals surface area contributed by atoms with Gasteiger partial charge in [-0.15, -0.1) is 0 Å². The topological polar surface area (TPSA) is 117 Å². The number of cyclic esters (lactones) is 1. The zero-order valence-corrected chi connectivity index (χ0v) is 17.6. The Morgan fingerprint density at radius 2 is 2.06 bits per heavy atom. The molecule has 2 aromatic carbocycles. The number of ether oxygens (including phenoxy) is 3. The molecule has 0 aliphatic carbocycles. The number of hydrogen-bond donors (Lipinski definition) is 0. The molecular formula is C21H17ClN2O7. The van der Waals surface area contributed by atoms with E-state index >= 15 is 0 Å². The van der Waals surface area contributed by atoms with Gasteiger partial charge < -0.3 is 14.2 Å². The standard InChI is InChI=1S/C21H17ClN2O7/c1-4-29-18-9-13(7-15(22)19(18)30-12(3)25)8-16-21(26)31-20(23-16)14-6-5-11(2)17(10-14)24(27)28/h5-10H,4H2,1-3H3. The lowest BCUT2D eigenvalue weighted by Gasteiger charge is -2.12. The Kier molecular flexibility index (Phi) is 6.36. The third kappa shape index (κ3) is 4.89. The minimum atomic E-state index is -0.726. The third-order valence-corrected chi connectivity index (χ3v) is 4.43. The van der Waals surface area contributed by atoms with Gasteiger partial charge in [0.05, 0.1) is 16.6 Å². The van der Waals surface area contributed by atoms with Gasteiger partial charge in [0.15, 0.2) is 17.2 Å². The smallest absolute Gasteiger partial charge is 0.363 e. The van der Waals surface area contributed by atoms with Crippen molar-refractivity contribution in [2.75, 3.05) is 6.61 Å². The minimum Gasteiger partial charge on any atom is -0.490 e. The van der Waals surface area contributed by atoms with Gasteiger partial charge in [0.2, 0.25) is 5.90 Å². The van der Waals surface area contributed by atoms with E-state index in [0.717, 1.165) is 0 Å². The zero-order valence-electron chi connectivity index (χ0n) is 16.8. The Balaban J connectivity index is 1.99. The van der Waals surface area contributed by atoms with E-state index in [0.29, 0.717) is 23.3 Å². The molecule has 0 unspecified atom stereocenters. The van der Waals surface area contributed by atoms with Gasteiger partial charge in [-0.3, -0.25) is 14.9 Å². The molecule has 1 aliphatic rings. The molecular weight excluding hydrogens is 428 g/mol. The van der Waals surface area contributed by atoms with Crippen molar-refractivity contribution >= 4 is 41.2 Å². The fourth-order valence-electron chi connectivity index (χ4n) is 2.81. The summed E-state index contributed by atoms with van der Waals surface area (Å²) in [5.41, 5.74) is 1.09. The summed E-state index contributed by atoms with van der Waals surface area (Å²) in [6, 6.07) is 7.44. The third-order valence-electron chi connectivity index (χ3n) is 4.15. The van der Waals surface area contributed by atoms with Crippen molar-refractivity contribution in [2.45, 2.75) is 20.8 Å². The molecule has 1 aliphatic heterocycles. The first-order chi connectivity index (χ1) is 14.7. The Morgan fingerprint density at radius 3 is 2.71 bits per heavy atom. The van der Waals surface area contributed by atoms with Crippen LogP contribution in [0.15, 0.2) is 41.0 Å². The predicted molar refractivity (Wildman–Crippen MR) is 112 cm³/mol. The van der Waals surface area contributed by atoms with Crippen molar-refractivity contribution in [1.29, 1.82) is 0 Å². The van der Waals surface area contributed by atoms with Gasteiger partial charge in [0.1, 0.15) is 0 Å². The number of carbonyl (C=O) groups excluding carboxylic acids is 2. The minimum absolute atomic E-state index is 0.0306. The molecule has 0 spiro atoms. The highest BCUT2D eigenvalue weighted by Gasteiger charge is 2.26. The molecule has 0 bridgehead atoms. The van der Waals surface area contributed by atoms with Gasteiger partial charge in [-0.1, -0.05) is 17.7 Å². The molecule has 0 aromatic heterocycles. The summed E-state index contributed by atoms with van der Waals surface area (Å²) in [4.78, 5) is 38.4. The molecule has 0 saturated heterocycles. The molecule has 0 amide bonds. The average Bonchev–Trinajstić information content (AvgIpc) is 3.05. The maximum absolute atomic E-state index is 12.3. The van der Waals surface area contributed by atoms with Crippen molar-refractivity contribution in [3.8, 4) is 11.5 Å². The molecule has 0 atom stereocenters. The van der Waals surface area contributed by atoms with E-state index < -0.39 is 16.9 Å². The van der Waals surface area contributed by atoms with Gasteiger partial charge in [-0.05, 0) is 43.7 Å². The van der Waals surface area contributed by atoms with E-state index in [2.05, 4.69) is 4.99 Å². The predicted octanol–water partition coefficient (Wildman–Crippen LogP) is 4.23. The lowest BCUT2D eigenvalue weighted by molar-refractivity contribution is -0.385. The SMILES string of the molecule is CCOc1cc(C=C2N=C(c3ccc(C)c([N+](=O)[O-])c3)OC2=O)cc(Cl)c1OC(C)=O. The Labute approximate surface area is 182 Å². The van der Waals surface area contributed by atoms with Crippen LogP contribution >= 0.6 is 11.6 Å². The fraction of sp³-hybridized carbons (Fsp3) is 0.190. The number of nitrogens with zero attached hydrogens (tertiary/aromatic N) is 2. The van der Waals surface area contributed by atoms with E-state index in [1.807, 2.05) is 0 Å². The number of hydrogen-bond acceptors (Lipinski definition) is 8. The van der Waals surface area contributed by atoms with Crippen LogP contribution in [0.1, 0.15) is 30.5 Å². The summed E-state index contributed by atoms with van der Waals surface area (Å²) in [5, 5.41) is 11.3. The van der Waals surface area contributed by atoms with Crippen LogP contribution < -0.4 is 9.47 Å². The second kappa shape index (κ2) is 8.97. The van der Waals surface area contributed by atoms with E-state index in [1.165, 1.54) is 31.2 Å². The number of benzene rings is 2. The number of halogens is 1. The van der Waals surface area contributed by atoms with Crippen LogP contribution in [0.5, 0.6) is 11.5 Å². The summed E-state index contributed by atoms with van der Waals surface area (Å²) in [6.07, 6.45) is 1.42. The molecule has 3 rings (SSSR count). The van der Waals surface area contributed by atoms with Crippen molar-refractivity contribution in [2.24, 2.45) is 4.99 Å². The van der Waals surface area contributed by atoms with Gasteiger partial charge in [-0.25, -0.2) is 9.79 Å². The quantitative estimate of drug-likeness (QED) is 0.215. The largest absolute Gasteiger partial charge is 0.490 e. The first-order valence-electron chi connectivity index (χ1n) is 9.12. The molecule has 0 radical (unpaired) electrons. The van der Waals surface area contributed by atoms with E-state index in [1.54, 1.807) is 26.0 Å². The van der Waals surface area contributed by atoms with Crippen LogP contribution in [0.3, 0.4) is 0 Å². The molecule has 31 heavy (non-hydrogen) atoms. The normalized spacial score (nSPS) is 14.3. The van der Waals surface area contributed by atoms with Crippen molar-refractivity contribution in [1.82, 2.24) is 0 Å².